The number of rotatable bonds is 3. The molecular formula is C14H12Cl2FN. The molecule has 0 amide bonds. The highest BCUT2D eigenvalue weighted by Crippen LogP contribution is 2.21. The molecule has 0 aromatic heterocycles. The monoisotopic (exact) mass is 283 g/mol. The lowest BCUT2D eigenvalue weighted by Gasteiger charge is -2.09. The fourth-order valence-electron chi connectivity index (χ4n) is 1.60. The number of benzene rings is 2. The normalized spacial score (nSPS) is 10.4. The summed E-state index contributed by atoms with van der Waals surface area (Å²) in [5.74, 6) is -0.434. The van der Waals surface area contributed by atoms with Crippen LogP contribution in [0.25, 0.3) is 0 Å². The van der Waals surface area contributed by atoms with Gasteiger partial charge in [0.1, 0.15) is 5.82 Å². The highest BCUT2D eigenvalue weighted by atomic mass is 35.5. The molecule has 0 spiro atoms. The molecule has 0 heterocycles. The van der Waals surface area contributed by atoms with Crippen molar-refractivity contribution in [1.82, 2.24) is 0 Å². The maximum atomic E-state index is 13.2. The van der Waals surface area contributed by atoms with Gasteiger partial charge in [-0.05, 0) is 42.3 Å². The Labute approximate surface area is 116 Å². The van der Waals surface area contributed by atoms with Gasteiger partial charge in [-0.2, -0.15) is 0 Å². The predicted molar refractivity (Wildman–Crippen MR) is 74.9 cm³/mol. The van der Waals surface area contributed by atoms with Crippen LogP contribution in [0.15, 0.2) is 36.4 Å². The van der Waals surface area contributed by atoms with Crippen molar-refractivity contribution >= 4 is 28.9 Å². The summed E-state index contributed by atoms with van der Waals surface area (Å²) < 4.78 is 13.2. The minimum absolute atomic E-state index is 0.119. The minimum Gasteiger partial charge on any atom is -0.381 e. The van der Waals surface area contributed by atoms with E-state index in [2.05, 4.69) is 5.32 Å². The highest BCUT2D eigenvalue weighted by molar-refractivity contribution is 6.31. The highest BCUT2D eigenvalue weighted by Gasteiger charge is 2.03. The molecule has 4 heteroatoms. The van der Waals surface area contributed by atoms with Crippen molar-refractivity contribution in [2.75, 3.05) is 5.32 Å². The first-order valence-corrected chi connectivity index (χ1v) is 6.26. The van der Waals surface area contributed by atoms with Crippen LogP contribution >= 0.6 is 23.2 Å². The molecule has 18 heavy (non-hydrogen) atoms. The zero-order valence-electron chi connectivity index (χ0n) is 9.81. The summed E-state index contributed by atoms with van der Waals surface area (Å²) in [5, 5.41) is 3.93. The summed E-state index contributed by atoms with van der Waals surface area (Å²) in [5.41, 5.74) is 2.76. The molecule has 0 fully saturated rings. The topological polar surface area (TPSA) is 12.0 Å². The first-order chi connectivity index (χ1) is 8.56. The second kappa shape index (κ2) is 5.59. The van der Waals surface area contributed by atoms with Crippen molar-refractivity contribution in [3.63, 3.8) is 0 Å². The summed E-state index contributed by atoms with van der Waals surface area (Å²) in [6.45, 7) is 2.53. The molecule has 0 aliphatic heterocycles. The summed E-state index contributed by atoms with van der Waals surface area (Å²) in [6.07, 6.45) is 0. The number of anilines is 1. The Balaban J connectivity index is 2.09. The standard InChI is InChI=1S/C14H12Cl2FN/c1-9-2-3-10(13(16)6-9)8-18-11-4-5-12(15)14(17)7-11/h2-7,18H,8H2,1H3. The number of halogens is 3. The minimum atomic E-state index is -0.434. The van der Waals surface area contributed by atoms with E-state index in [1.807, 2.05) is 25.1 Å². The largest absolute Gasteiger partial charge is 0.381 e. The summed E-state index contributed by atoms with van der Waals surface area (Å²) in [4.78, 5) is 0. The fraction of sp³-hybridized carbons (Fsp3) is 0.143. The number of hydrogen-bond acceptors (Lipinski definition) is 1. The smallest absolute Gasteiger partial charge is 0.143 e. The Bertz CT molecular complexity index is 570. The quantitative estimate of drug-likeness (QED) is 0.831. The van der Waals surface area contributed by atoms with E-state index >= 15 is 0 Å². The van der Waals surface area contributed by atoms with E-state index in [-0.39, 0.29) is 5.02 Å². The van der Waals surface area contributed by atoms with Crippen LogP contribution in [0.3, 0.4) is 0 Å². The zero-order chi connectivity index (χ0) is 13.1. The molecule has 2 aromatic carbocycles. The lowest BCUT2D eigenvalue weighted by atomic mass is 10.1. The van der Waals surface area contributed by atoms with E-state index < -0.39 is 5.82 Å². The van der Waals surface area contributed by atoms with E-state index in [9.17, 15) is 4.39 Å². The maximum absolute atomic E-state index is 13.2. The van der Waals surface area contributed by atoms with E-state index in [1.54, 1.807) is 6.07 Å². The van der Waals surface area contributed by atoms with Gasteiger partial charge in [-0.3, -0.25) is 0 Å². The van der Waals surface area contributed by atoms with Crippen molar-refractivity contribution in [3.05, 3.63) is 63.4 Å². The Morgan fingerprint density at radius 1 is 1.06 bits per heavy atom. The Kier molecular flexibility index (Phi) is 4.10. The van der Waals surface area contributed by atoms with Gasteiger partial charge in [0, 0.05) is 17.3 Å². The van der Waals surface area contributed by atoms with Crippen molar-refractivity contribution < 1.29 is 4.39 Å². The molecule has 2 rings (SSSR count). The number of aryl methyl sites for hydroxylation is 1. The molecule has 1 N–H and O–H groups in total. The van der Waals surface area contributed by atoms with Gasteiger partial charge in [0.15, 0.2) is 0 Å². The van der Waals surface area contributed by atoms with Crippen molar-refractivity contribution in [3.8, 4) is 0 Å². The van der Waals surface area contributed by atoms with E-state index in [0.717, 1.165) is 11.1 Å². The molecule has 0 bridgehead atoms. The predicted octanol–water partition coefficient (Wildman–Crippen LogP) is 5.05. The Hall–Kier alpha value is -1.25. The first-order valence-electron chi connectivity index (χ1n) is 5.50. The van der Waals surface area contributed by atoms with Gasteiger partial charge < -0.3 is 5.32 Å². The van der Waals surface area contributed by atoms with Crippen molar-refractivity contribution in [2.24, 2.45) is 0 Å². The Morgan fingerprint density at radius 2 is 1.83 bits per heavy atom. The lowest BCUT2D eigenvalue weighted by Crippen LogP contribution is -2.00. The first kappa shape index (κ1) is 13.2. The van der Waals surface area contributed by atoms with Gasteiger partial charge in [-0.1, -0.05) is 35.3 Å². The maximum Gasteiger partial charge on any atom is 0.143 e. The van der Waals surface area contributed by atoms with Crippen LogP contribution < -0.4 is 5.32 Å². The molecule has 0 aliphatic carbocycles. The lowest BCUT2D eigenvalue weighted by molar-refractivity contribution is 0.628. The molecule has 0 radical (unpaired) electrons. The van der Waals surface area contributed by atoms with Gasteiger partial charge in [0.25, 0.3) is 0 Å². The van der Waals surface area contributed by atoms with Gasteiger partial charge in [0.2, 0.25) is 0 Å². The van der Waals surface area contributed by atoms with Crippen molar-refractivity contribution in [2.45, 2.75) is 13.5 Å². The number of hydrogen-bond donors (Lipinski definition) is 1. The van der Waals surface area contributed by atoms with Crippen LogP contribution in [0, 0.1) is 12.7 Å². The Morgan fingerprint density at radius 3 is 2.50 bits per heavy atom. The third-order valence-electron chi connectivity index (χ3n) is 2.61. The van der Waals surface area contributed by atoms with Crippen LogP contribution in [0.5, 0.6) is 0 Å². The van der Waals surface area contributed by atoms with Gasteiger partial charge in [0.05, 0.1) is 5.02 Å². The summed E-state index contributed by atoms with van der Waals surface area (Å²) >= 11 is 11.7. The molecule has 0 aliphatic rings. The molecule has 2 aromatic rings. The summed E-state index contributed by atoms with van der Waals surface area (Å²) in [6, 6.07) is 10.5. The average molecular weight is 284 g/mol. The second-order valence-corrected chi connectivity index (χ2v) is 4.89. The van der Waals surface area contributed by atoms with E-state index in [1.165, 1.54) is 12.1 Å². The van der Waals surface area contributed by atoms with E-state index in [4.69, 9.17) is 23.2 Å². The third-order valence-corrected chi connectivity index (χ3v) is 3.27. The van der Waals surface area contributed by atoms with Crippen LogP contribution in [-0.4, -0.2) is 0 Å². The van der Waals surface area contributed by atoms with Gasteiger partial charge in [-0.25, -0.2) is 4.39 Å². The van der Waals surface area contributed by atoms with E-state index in [0.29, 0.717) is 17.3 Å². The molecule has 1 nitrogen and oxygen atoms in total. The molecular weight excluding hydrogens is 272 g/mol. The average Bonchev–Trinajstić information content (AvgIpc) is 2.32. The van der Waals surface area contributed by atoms with Crippen LogP contribution in [-0.2, 0) is 6.54 Å². The fourth-order valence-corrected chi connectivity index (χ4v) is 2.02. The van der Waals surface area contributed by atoms with Crippen LogP contribution in [0.4, 0.5) is 10.1 Å². The summed E-state index contributed by atoms with van der Waals surface area (Å²) in [7, 11) is 0. The molecule has 0 atom stereocenters. The van der Waals surface area contributed by atoms with Gasteiger partial charge in [-0.15, -0.1) is 0 Å². The second-order valence-electron chi connectivity index (χ2n) is 4.08. The number of nitrogens with one attached hydrogen (secondary N) is 1. The SMILES string of the molecule is Cc1ccc(CNc2ccc(Cl)c(F)c2)c(Cl)c1. The molecule has 0 unspecified atom stereocenters. The molecule has 0 saturated carbocycles. The third kappa shape index (κ3) is 3.15. The van der Waals surface area contributed by atoms with Crippen molar-refractivity contribution in [1.29, 1.82) is 0 Å². The molecule has 94 valence electrons. The molecule has 0 saturated heterocycles. The van der Waals surface area contributed by atoms with Gasteiger partial charge >= 0.3 is 0 Å². The van der Waals surface area contributed by atoms with Crippen LogP contribution in [0.2, 0.25) is 10.0 Å². The zero-order valence-corrected chi connectivity index (χ0v) is 11.3. The van der Waals surface area contributed by atoms with Crippen LogP contribution in [0.1, 0.15) is 11.1 Å².